The van der Waals surface area contributed by atoms with E-state index in [1.807, 2.05) is 12.1 Å². The van der Waals surface area contributed by atoms with Crippen molar-refractivity contribution in [3.63, 3.8) is 0 Å². The smallest absolute Gasteiger partial charge is 0.234 e. The maximum absolute atomic E-state index is 13.0. The maximum atomic E-state index is 13.0. The Morgan fingerprint density at radius 1 is 1.37 bits per heavy atom. The van der Waals surface area contributed by atoms with Crippen LogP contribution in [0.3, 0.4) is 0 Å². The lowest BCUT2D eigenvalue weighted by atomic mass is 10.2. The highest BCUT2D eigenvalue weighted by atomic mass is 32.2. The molecule has 19 heavy (non-hydrogen) atoms. The number of thioether (sulfide) groups is 1. The zero-order chi connectivity index (χ0) is 13.7. The lowest BCUT2D eigenvalue weighted by Gasteiger charge is -2.07. The molecule has 0 bridgehead atoms. The first-order valence-corrected chi connectivity index (χ1v) is 6.52. The number of aromatic nitrogens is 1. The van der Waals surface area contributed by atoms with Crippen molar-refractivity contribution >= 4 is 29.0 Å². The van der Waals surface area contributed by atoms with Gasteiger partial charge in [0.2, 0.25) is 5.91 Å². The first-order chi connectivity index (χ1) is 9.15. The van der Waals surface area contributed by atoms with E-state index in [0.717, 1.165) is 5.03 Å². The predicted molar refractivity (Wildman–Crippen MR) is 74.4 cm³/mol. The first-order valence-electron chi connectivity index (χ1n) is 5.54. The molecule has 0 aliphatic rings. The predicted octanol–water partition coefficient (Wildman–Crippen LogP) is 2.53. The van der Waals surface area contributed by atoms with Gasteiger partial charge in [-0.3, -0.25) is 4.79 Å². The molecule has 0 atom stereocenters. The number of carbonyl (C=O) groups excluding carboxylic acids is 1. The monoisotopic (exact) mass is 277 g/mol. The average Bonchev–Trinajstić information content (AvgIpc) is 2.42. The first kappa shape index (κ1) is 13.4. The number of nitrogens with zero attached hydrogens (tertiary/aromatic N) is 1. The molecule has 1 aromatic heterocycles. The molecule has 4 nitrogen and oxygen atoms in total. The van der Waals surface area contributed by atoms with E-state index in [9.17, 15) is 9.18 Å². The molecule has 1 heterocycles. The number of anilines is 2. The number of nitrogens with one attached hydrogen (secondary N) is 1. The molecule has 1 aromatic carbocycles. The van der Waals surface area contributed by atoms with E-state index >= 15 is 0 Å². The van der Waals surface area contributed by atoms with Crippen molar-refractivity contribution in [3.8, 4) is 0 Å². The van der Waals surface area contributed by atoms with Gasteiger partial charge < -0.3 is 11.1 Å². The van der Waals surface area contributed by atoms with Gasteiger partial charge in [0.25, 0.3) is 0 Å². The second kappa shape index (κ2) is 6.19. The van der Waals surface area contributed by atoms with Gasteiger partial charge in [-0.15, -0.1) is 0 Å². The van der Waals surface area contributed by atoms with Crippen molar-refractivity contribution in [2.24, 2.45) is 0 Å². The Hall–Kier alpha value is -2.08. The summed E-state index contributed by atoms with van der Waals surface area (Å²) in [7, 11) is 0. The van der Waals surface area contributed by atoms with Crippen LogP contribution in [0.4, 0.5) is 15.8 Å². The summed E-state index contributed by atoms with van der Waals surface area (Å²) in [5.74, 6) is -0.512. The molecule has 98 valence electrons. The third-order valence-corrected chi connectivity index (χ3v) is 3.22. The number of halogens is 1. The van der Waals surface area contributed by atoms with Crippen LogP contribution < -0.4 is 11.1 Å². The molecule has 6 heteroatoms. The van der Waals surface area contributed by atoms with Crippen LogP contribution in [0, 0.1) is 5.82 Å². The molecule has 0 aliphatic heterocycles. The van der Waals surface area contributed by atoms with Gasteiger partial charge in [0.15, 0.2) is 0 Å². The minimum Gasteiger partial charge on any atom is -0.397 e. The summed E-state index contributed by atoms with van der Waals surface area (Å²) in [6.07, 6.45) is 1.66. The van der Waals surface area contributed by atoms with Gasteiger partial charge in [-0.2, -0.15) is 0 Å². The SMILES string of the molecule is Nc1ccc(F)cc1NC(=O)CSc1ccccn1. The quantitative estimate of drug-likeness (QED) is 0.665. The molecular formula is C13H12FN3OS. The van der Waals surface area contributed by atoms with Gasteiger partial charge in [0, 0.05) is 6.20 Å². The fraction of sp³-hybridized carbons (Fsp3) is 0.0769. The fourth-order valence-electron chi connectivity index (χ4n) is 1.40. The minimum atomic E-state index is -0.443. The molecule has 1 amide bonds. The standard InChI is InChI=1S/C13H12FN3OS/c14-9-4-5-10(15)11(7-9)17-12(18)8-19-13-3-1-2-6-16-13/h1-7H,8,15H2,(H,17,18). The lowest BCUT2D eigenvalue weighted by molar-refractivity contribution is -0.113. The van der Waals surface area contributed by atoms with Crippen LogP contribution in [-0.2, 0) is 4.79 Å². The third-order valence-electron chi connectivity index (χ3n) is 2.28. The number of pyridine rings is 1. The van der Waals surface area contributed by atoms with Gasteiger partial charge in [-0.1, -0.05) is 17.8 Å². The normalized spacial score (nSPS) is 10.2. The maximum Gasteiger partial charge on any atom is 0.234 e. The summed E-state index contributed by atoms with van der Waals surface area (Å²) in [6.45, 7) is 0. The van der Waals surface area contributed by atoms with E-state index in [1.165, 1.54) is 30.0 Å². The van der Waals surface area contributed by atoms with E-state index < -0.39 is 5.82 Å². The summed E-state index contributed by atoms with van der Waals surface area (Å²) in [5, 5.41) is 3.32. The number of rotatable bonds is 4. The van der Waals surface area contributed by atoms with Crippen molar-refractivity contribution in [2.45, 2.75) is 5.03 Å². The third kappa shape index (κ3) is 3.96. The van der Waals surface area contributed by atoms with Crippen LogP contribution in [0.25, 0.3) is 0 Å². The Balaban J connectivity index is 1.93. The van der Waals surface area contributed by atoms with Crippen LogP contribution >= 0.6 is 11.8 Å². The van der Waals surface area contributed by atoms with Crippen molar-refractivity contribution in [1.82, 2.24) is 4.98 Å². The highest BCUT2D eigenvalue weighted by molar-refractivity contribution is 7.99. The molecule has 0 unspecified atom stereocenters. The van der Waals surface area contributed by atoms with Crippen LogP contribution in [0.15, 0.2) is 47.6 Å². The van der Waals surface area contributed by atoms with E-state index in [-0.39, 0.29) is 17.3 Å². The Kier molecular flexibility index (Phi) is 4.35. The molecule has 0 radical (unpaired) electrons. The zero-order valence-electron chi connectivity index (χ0n) is 9.97. The van der Waals surface area contributed by atoms with Crippen molar-refractivity contribution in [2.75, 3.05) is 16.8 Å². The molecule has 0 spiro atoms. The Bertz CT molecular complexity index is 577. The van der Waals surface area contributed by atoms with E-state index in [4.69, 9.17) is 5.73 Å². The summed E-state index contributed by atoms with van der Waals surface area (Å²) < 4.78 is 13.0. The minimum absolute atomic E-state index is 0.187. The summed E-state index contributed by atoms with van der Waals surface area (Å²) >= 11 is 1.30. The number of hydrogen-bond acceptors (Lipinski definition) is 4. The second-order valence-corrected chi connectivity index (χ2v) is 4.73. The van der Waals surface area contributed by atoms with Crippen LogP contribution in [0.1, 0.15) is 0 Å². The summed E-state index contributed by atoms with van der Waals surface area (Å²) in [4.78, 5) is 15.8. The number of hydrogen-bond donors (Lipinski definition) is 2. The van der Waals surface area contributed by atoms with Gasteiger partial charge in [-0.05, 0) is 30.3 Å². The van der Waals surface area contributed by atoms with Crippen LogP contribution in [0.5, 0.6) is 0 Å². The fourth-order valence-corrected chi connectivity index (χ4v) is 2.06. The topological polar surface area (TPSA) is 68.0 Å². The molecular weight excluding hydrogens is 265 g/mol. The zero-order valence-corrected chi connectivity index (χ0v) is 10.8. The lowest BCUT2D eigenvalue weighted by Crippen LogP contribution is -2.15. The summed E-state index contributed by atoms with van der Waals surface area (Å²) in [6, 6.07) is 9.31. The van der Waals surface area contributed by atoms with E-state index in [1.54, 1.807) is 12.3 Å². The van der Waals surface area contributed by atoms with Gasteiger partial charge in [-0.25, -0.2) is 9.37 Å². The Labute approximate surface area is 114 Å². The molecule has 0 saturated carbocycles. The summed E-state index contributed by atoms with van der Waals surface area (Å²) in [5.41, 5.74) is 6.26. The Morgan fingerprint density at radius 3 is 2.95 bits per heavy atom. The number of nitrogen functional groups attached to an aromatic ring is 1. The molecule has 2 rings (SSSR count). The molecule has 0 aliphatic carbocycles. The highest BCUT2D eigenvalue weighted by Crippen LogP contribution is 2.20. The van der Waals surface area contributed by atoms with Crippen molar-refractivity contribution in [1.29, 1.82) is 0 Å². The molecule has 3 N–H and O–H groups in total. The van der Waals surface area contributed by atoms with Crippen molar-refractivity contribution in [3.05, 3.63) is 48.4 Å². The van der Waals surface area contributed by atoms with E-state index in [0.29, 0.717) is 5.69 Å². The van der Waals surface area contributed by atoms with Gasteiger partial charge >= 0.3 is 0 Å². The highest BCUT2D eigenvalue weighted by Gasteiger charge is 2.07. The number of nitrogens with two attached hydrogens (primary N) is 1. The number of amides is 1. The number of benzene rings is 1. The second-order valence-electron chi connectivity index (χ2n) is 3.74. The van der Waals surface area contributed by atoms with Gasteiger partial charge in [0.05, 0.1) is 22.2 Å². The number of carbonyl (C=O) groups is 1. The van der Waals surface area contributed by atoms with Crippen LogP contribution in [-0.4, -0.2) is 16.6 Å². The average molecular weight is 277 g/mol. The Morgan fingerprint density at radius 2 is 2.21 bits per heavy atom. The van der Waals surface area contributed by atoms with Crippen LogP contribution in [0.2, 0.25) is 0 Å². The largest absolute Gasteiger partial charge is 0.397 e. The molecule has 2 aromatic rings. The van der Waals surface area contributed by atoms with Gasteiger partial charge in [0.1, 0.15) is 5.82 Å². The molecule has 0 fully saturated rings. The van der Waals surface area contributed by atoms with E-state index in [2.05, 4.69) is 10.3 Å². The van der Waals surface area contributed by atoms with Crippen molar-refractivity contribution < 1.29 is 9.18 Å². The molecule has 0 saturated heterocycles.